The Hall–Kier alpha value is -3.82. The molecule has 0 spiro atoms. The molecule has 0 aliphatic carbocycles. The number of ether oxygens (including phenoxy) is 2. The average Bonchev–Trinajstić information content (AvgIpc) is 3.21. The molecule has 0 aliphatic heterocycles. The zero-order valence-electron chi connectivity index (χ0n) is 17.5. The van der Waals surface area contributed by atoms with Crippen LogP contribution in [0.3, 0.4) is 0 Å². The third-order valence-corrected chi connectivity index (χ3v) is 4.25. The molecular weight excluding hydrogens is 427 g/mol. The summed E-state index contributed by atoms with van der Waals surface area (Å²) in [6, 6.07) is 9.65. The third-order valence-electron chi connectivity index (χ3n) is 4.25. The lowest BCUT2D eigenvalue weighted by atomic mass is 10.1. The predicted octanol–water partition coefficient (Wildman–Crippen LogP) is 4.98. The summed E-state index contributed by atoms with van der Waals surface area (Å²) < 4.78 is 56.3. The number of hydrogen-bond donors (Lipinski definition) is 1. The first-order chi connectivity index (χ1) is 15.1. The maximum Gasteiger partial charge on any atom is 0.420 e. The van der Waals surface area contributed by atoms with E-state index in [4.69, 9.17) is 13.9 Å². The first-order valence-electron chi connectivity index (χ1n) is 9.47. The van der Waals surface area contributed by atoms with Crippen LogP contribution in [0.15, 0.2) is 53.1 Å². The van der Waals surface area contributed by atoms with E-state index in [2.05, 4.69) is 15.5 Å². The Bertz CT molecular complexity index is 1140. The molecule has 3 rings (SSSR count). The lowest BCUT2D eigenvalue weighted by molar-refractivity contribution is -0.122. The maximum absolute atomic E-state index is 13.5. The standard InChI is InChI=1S/C22H20F3N3O4/c1-13-7-8-16(10-18(13)23)30-12-19(29)26-11-14(2)20-27-28-21(32-20)31-17-6-4-5-15(9-17)22(3,24)25/h4-11H,12H2,1-3H3,(H,26,29)/b14-11+. The summed E-state index contributed by atoms with van der Waals surface area (Å²) in [5.41, 5.74) is 0.666. The van der Waals surface area contributed by atoms with Crippen LogP contribution in [-0.2, 0) is 10.7 Å². The van der Waals surface area contributed by atoms with Crippen LogP contribution in [0, 0.1) is 12.7 Å². The molecule has 0 unspecified atom stereocenters. The molecule has 0 fully saturated rings. The molecule has 0 saturated carbocycles. The number of alkyl halides is 2. The van der Waals surface area contributed by atoms with Crippen molar-refractivity contribution in [1.29, 1.82) is 0 Å². The summed E-state index contributed by atoms with van der Waals surface area (Å²) in [4.78, 5) is 11.9. The molecule has 0 aliphatic rings. The summed E-state index contributed by atoms with van der Waals surface area (Å²) in [6.07, 6.45) is 1.08. The Morgan fingerprint density at radius 2 is 1.97 bits per heavy atom. The lowest BCUT2D eigenvalue weighted by Crippen LogP contribution is -2.24. The van der Waals surface area contributed by atoms with Crippen molar-refractivity contribution in [3.05, 3.63) is 71.5 Å². The molecule has 0 saturated heterocycles. The number of amides is 1. The second kappa shape index (κ2) is 9.54. The van der Waals surface area contributed by atoms with Gasteiger partial charge in [0.15, 0.2) is 6.61 Å². The number of nitrogens with zero attached hydrogens (tertiary/aromatic N) is 2. The number of carbonyl (C=O) groups excluding carboxylic acids is 1. The molecule has 2 aromatic carbocycles. The molecule has 7 nitrogen and oxygen atoms in total. The predicted molar refractivity (Wildman–Crippen MR) is 109 cm³/mol. The number of nitrogens with one attached hydrogen (secondary N) is 1. The molecule has 0 radical (unpaired) electrons. The third kappa shape index (κ3) is 6.10. The van der Waals surface area contributed by atoms with Crippen molar-refractivity contribution in [2.45, 2.75) is 26.7 Å². The van der Waals surface area contributed by atoms with Gasteiger partial charge in [-0.25, -0.2) is 13.2 Å². The molecule has 0 bridgehead atoms. The van der Waals surface area contributed by atoms with Crippen LogP contribution in [0.5, 0.6) is 17.6 Å². The van der Waals surface area contributed by atoms with Crippen LogP contribution < -0.4 is 14.8 Å². The molecule has 3 aromatic rings. The number of halogens is 3. The second-order valence-electron chi connectivity index (χ2n) is 6.99. The highest BCUT2D eigenvalue weighted by Crippen LogP contribution is 2.31. The van der Waals surface area contributed by atoms with Crippen LogP contribution in [0.25, 0.3) is 5.57 Å². The first kappa shape index (κ1) is 22.9. The van der Waals surface area contributed by atoms with E-state index in [1.54, 1.807) is 26.0 Å². The van der Waals surface area contributed by atoms with Crippen molar-refractivity contribution >= 4 is 11.5 Å². The van der Waals surface area contributed by atoms with Crippen molar-refractivity contribution in [3.8, 4) is 17.6 Å². The minimum Gasteiger partial charge on any atom is -0.484 e. The Morgan fingerprint density at radius 3 is 2.69 bits per heavy atom. The number of aromatic nitrogens is 2. The summed E-state index contributed by atoms with van der Waals surface area (Å²) in [5.74, 6) is -3.54. The number of rotatable bonds is 8. The van der Waals surface area contributed by atoms with Gasteiger partial charge >= 0.3 is 6.08 Å². The van der Waals surface area contributed by atoms with Gasteiger partial charge in [-0.15, -0.1) is 5.10 Å². The molecule has 1 heterocycles. The molecule has 32 heavy (non-hydrogen) atoms. The fraction of sp³-hybridized carbons (Fsp3) is 0.227. The number of benzene rings is 2. The highest BCUT2D eigenvalue weighted by atomic mass is 19.3. The van der Waals surface area contributed by atoms with Crippen molar-refractivity contribution in [1.82, 2.24) is 15.5 Å². The Balaban J connectivity index is 1.56. The van der Waals surface area contributed by atoms with Gasteiger partial charge in [-0.05, 0) is 37.6 Å². The lowest BCUT2D eigenvalue weighted by Gasteiger charge is -2.11. The Morgan fingerprint density at radius 1 is 1.19 bits per heavy atom. The quantitative estimate of drug-likeness (QED) is 0.524. The Labute approximate surface area is 181 Å². The maximum atomic E-state index is 13.5. The number of allylic oxidation sites excluding steroid dienone is 1. The second-order valence-corrected chi connectivity index (χ2v) is 6.99. The molecule has 168 valence electrons. The fourth-order valence-corrected chi connectivity index (χ4v) is 2.45. The van der Waals surface area contributed by atoms with Gasteiger partial charge in [0, 0.05) is 30.3 Å². The first-order valence-corrected chi connectivity index (χ1v) is 9.47. The van der Waals surface area contributed by atoms with Crippen LogP contribution in [0.2, 0.25) is 0 Å². The average molecular weight is 447 g/mol. The largest absolute Gasteiger partial charge is 0.484 e. The molecule has 1 aromatic heterocycles. The van der Waals surface area contributed by atoms with Crippen molar-refractivity contribution in [2.75, 3.05) is 6.61 Å². The van der Waals surface area contributed by atoms with E-state index in [-0.39, 0.29) is 35.6 Å². The molecule has 0 atom stereocenters. The smallest absolute Gasteiger partial charge is 0.420 e. The molecule has 1 amide bonds. The van der Waals surface area contributed by atoms with Gasteiger partial charge in [-0.3, -0.25) is 4.79 Å². The summed E-state index contributed by atoms with van der Waals surface area (Å²) in [7, 11) is 0. The van der Waals surface area contributed by atoms with Gasteiger partial charge in [0.1, 0.15) is 17.3 Å². The van der Waals surface area contributed by atoms with Gasteiger partial charge in [0.05, 0.1) is 0 Å². The summed E-state index contributed by atoms with van der Waals surface area (Å²) in [5, 5.41) is 9.98. The van der Waals surface area contributed by atoms with E-state index in [9.17, 15) is 18.0 Å². The van der Waals surface area contributed by atoms with E-state index in [0.717, 1.165) is 6.92 Å². The number of carbonyl (C=O) groups is 1. The van der Waals surface area contributed by atoms with E-state index in [1.165, 1.54) is 36.5 Å². The van der Waals surface area contributed by atoms with E-state index < -0.39 is 17.6 Å². The highest BCUT2D eigenvalue weighted by molar-refractivity contribution is 5.79. The van der Waals surface area contributed by atoms with Gasteiger partial charge in [-0.2, -0.15) is 0 Å². The number of hydrogen-bond acceptors (Lipinski definition) is 6. The van der Waals surface area contributed by atoms with Gasteiger partial charge in [-0.1, -0.05) is 23.3 Å². The topological polar surface area (TPSA) is 86.5 Å². The minimum absolute atomic E-state index is 0.0544. The van der Waals surface area contributed by atoms with Crippen LogP contribution >= 0.6 is 0 Å². The van der Waals surface area contributed by atoms with Gasteiger partial charge in [0.2, 0.25) is 5.89 Å². The SMILES string of the molecule is C/C(=C\NC(=O)COc1ccc(C)c(F)c1)c1nnc(Oc2cccc(C(C)(F)F)c2)o1. The minimum atomic E-state index is -3.02. The van der Waals surface area contributed by atoms with Crippen LogP contribution in [0.4, 0.5) is 13.2 Å². The summed E-state index contributed by atoms with van der Waals surface area (Å²) in [6.45, 7) is 3.67. The monoisotopic (exact) mass is 447 g/mol. The molecule has 1 N–H and O–H groups in total. The van der Waals surface area contributed by atoms with E-state index in [1.807, 2.05) is 0 Å². The highest BCUT2D eigenvalue weighted by Gasteiger charge is 2.24. The molecule has 10 heteroatoms. The van der Waals surface area contributed by atoms with Crippen LogP contribution in [-0.4, -0.2) is 22.7 Å². The molecular formula is C22H20F3N3O4. The van der Waals surface area contributed by atoms with E-state index in [0.29, 0.717) is 11.1 Å². The Kier molecular flexibility index (Phi) is 6.82. The van der Waals surface area contributed by atoms with E-state index >= 15 is 0 Å². The van der Waals surface area contributed by atoms with Crippen LogP contribution in [0.1, 0.15) is 30.9 Å². The summed E-state index contributed by atoms with van der Waals surface area (Å²) >= 11 is 0. The zero-order valence-corrected chi connectivity index (χ0v) is 17.5. The van der Waals surface area contributed by atoms with Gasteiger partial charge in [0.25, 0.3) is 11.8 Å². The van der Waals surface area contributed by atoms with Crippen molar-refractivity contribution in [3.63, 3.8) is 0 Å². The van der Waals surface area contributed by atoms with Gasteiger partial charge < -0.3 is 19.2 Å². The number of aryl methyl sites for hydroxylation is 1. The normalized spacial score (nSPS) is 11.9. The fourth-order valence-electron chi connectivity index (χ4n) is 2.45. The van der Waals surface area contributed by atoms with Crippen molar-refractivity contribution < 1.29 is 31.9 Å². The van der Waals surface area contributed by atoms with Crippen molar-refractivity contribution in [2.24, 2.45) is 0 Å². The zero-order chi connectivity index (χ0) is 23.3.